The SMILES string of the molecule is CC(N)C(C)C(=O)NC1(c2cccc(Cl)c2)CC1. The van der Waals surface area contributed by atoms with Crippen molar-refractivity contribution in [2.24, 2.45) is 11.7 Å². The van der Waals surface area contributed by atoms with Gasteiger partial charge in [0.25, 0.3) is 0 Å². The van der Waals surface area contributed by atoms with Gasteiger partial charge in [0.1, 0.15) is 0 Å². The summed E-state index contributed by atoms with van der Waals surface area (Å²) in [7, 11) is 0. The second-order valence-electron chi connectivity index (χ2n) is 5.23. The van der Waals surface area contributed by atoms with E-state index < -0.39 is 0 Å². The van der Waals surface area contributed by atoms with Gasteiger partial charge in [0.15, 0.2) is 0 Å². The number of nitrogens with two attached hydrogens (primary N) is 1. The lowest BCUT2D eigenvalue weighted by molar-refractivity contribution is -0.126. The molecular formula is C14H19ClN2O. The highest BCUT2D eigenvalue weighted by Crippen LogP contribution is 2.46. The normalized spacial score (nSPS) is 20.0. The highest BCUT2D eigenvalue weighted by atomic mass is 35.5. The number of amides is 1. The Balaban J connectivity index is 2.11. The van der Waals surface area contributed by atoms with E-state index in [1.807, 2.05) is 38.1 Å². The Morgan fingerprint density at radius 3 is 2.61 bits per heavy atom. The molecule has 2 rings (SSSR count). The number of nitrogens with one attached hydrogen (secondary N) is 1. The maximum atomic E-state index is 12.1. The Hall–Kier alpha value is -1.06. The second-order valence-corrected chi connectivity index (χ2v) is 5.67. The molecule has 0 heterocycles. The molecule has 0 radical (unpaired) electrons. The summed E-state index contributed by atoms with van der Waals surface area (Å²) in [5, 5.41) is 3.82. The topological polar surface area (TPSA) is 55.1 Å². The molecule has 4 heteroatoms. The standard InChI is InChI=1S/C14H19ClN2O/c1-9(10(2)16)13(18)17-14(6-7-14)11-4-3-5-12(15)8-11/h3-5,8-10H,6-7,16H2,1-2H3,(H,17,18). The molecule has 0 saturated heterocycles. The predicted molar refractivity (Wildman–Crippen MR) is 73.3 cm³/mol. The summed E-state index contributed by atoms with van der Waals surface area (Å²) in [6.07, 6.45) is 1.93. The van der Waals surface area contributed by atoms with Crippen molar-refractivity contribution in [3.05, 3.63) is 34.9 Å². The van der Waals surface area contributed by atoms with E-state index in [-0.39, 0.29) is 23.4 Å². The van der Waals surface area contributed by atoms with Crippen molar-refractivity contribution in [1.29, 1.82) is 0 Å². The average Bonchev–Trinajstić information content (AvgIpc) is 3.09. The zero-order valence-corrected chi connectivity index (χ0v) is 11.5. The number of hydrogen-bond acceptors (Lipinski definition) is 2. The van der Waals surface area contributed by atoms with Crippen molar-refractivity contribution in [1.82, 2.24) is 5.32 Å². The Kier molecular flexibility index (Phi) is 3.64. The van der Waals surface area contributed by atoms with Gasteiger partial charge in [0.05, 0.1) is 5.54 Å². The summed E-state index contributed by atoms with van der Waals surface area (Å²) in [5.74, 6) is -0.163. The smallest absolute Gasteiger partial charge is 0.225 e. The molecule has 1 aliphatic carbocycles. The van der Waals surface area contributed by atoms with E-state index >= 15 is 0 Å². The maximum Gasteiger partial charge on any atom is 0.225 e. The monoisotopic (exact) mass is 266 g/mol. The molecule has 3 nitrogen and oxygen atoms in total. The van der Waals surface area contributed by atoms with Crippen LogP contribution in [0.15, 0.2) is 24.3 Å². The van der Waals surface area contributed by atoms with E-state index in [0.717, 1.165) is 18.4 Å². The third-order valence-corrected chi connectivity index (χ3v) is 3.93. The summed E-state index contributed by atoms with van der Waals surface area (Å²) in [4.78, 5) is 12.1. The first-order chi connectivity index (χ1) is 8.44. The predicted octanol–water partition coefficient (Wildman–Crippen LogP) is 2.43. The molecule has 1 saturated carbocycles. The first kappa shape index (κ1) is 13.4. The fraction of sp³-hybridized carbons (Fsp3) is 0.500. The van der Waals surface area contributed by atoms with Crippen LogP contribution in [0.3, 0.4) is 0 Å². The van der Waals surface area contributed by atoms with E-state index in [9.17, 15) is 4.79 Å². The molecular weight excluding hydrogens is 248 g/mol. The van der Waals surface area contributed by atoms with Crippen LogP contribution < -0.4 is 11.1 Å². The van der Waals surface area contributed by atoms with Crippen molar-refractivity contribution in [3.63, 3.8) is 0 Å². The number of halogens is 1. The van der Waals surface area contributed by atoms with E-state index in [2.05, 4.69) is 5.32 Å². The van der Waals surface area contributed by atoms with Gasteiger partial charge in [0, 0.05) is 17.0 Å². The van der Waals surface area contributed by atoms with Crippen LogP contribution in [0.4, 0.5) is 0 Å². The number of benzene rings is 1. The molecule has 1 amide bonds. The summed E-state index contributed by atoms with van der Waals surface area (Å²) in [6, 6.07) is 7.55. The highest BCUT2D eigenvalue weighted by molar-refractivity contribution is 6.30. The van der Waals surface area contributed by atoms with Crippen LogP contribution in [0, 0.1) is 5.92 Å². The second kappa shape index (κ2) is 4.90. The minimum atomic E-state index is -0.217. The molecule has 0 aliphatic heterocycles. The molecule has 2 atom stereocenters. The Labute approximate surface area is 113 Å². The zero-order valence-electron chi connectivity index (χ0n) is 10.7. The van der Waals surface area contributed by atoms with Crippen LogP contribution in [-0.2, 0) is 10.3 Å². The van der Waals surface area contributed by atoms with Crippen LogP contribution >= 0.6 is 11.6 Å². The summed E-state index contributed by atoms with van der Waals surface area (Å²) in [5.41, 5.74) is 6.62. The lowest BCUT2D eigenvalue weighted by Crippen LogP contribution is -2.43. The van der Waals surface area contributed by atoms with E-state index in [1.54, 1.807) is 0 Å². The number of rotatable bonds is 4. The lowest BCUT2D eigenvalue weighted by Gasteiger charge is -2.22. The molecule has 1 aliphatic rings. The Morgan fingerprint density at radius 2 is 2.11 bits per heavy atom. The molecule has 1 aromatic carbocycles. The van der Waals surface area contributed by atoms with Gasteiger partial charge in [-0.2, -0.15) is 0 Å². The highest BCUT2D eigenvalue weighted by Gasteiger charge is 2.46. The van der Waals surface area contributed by atoms with Gasteiger partial charge in [-0.1, -0.05) is 30.7 Å². The summed E-state index contributed by atoms with van der Waals surface area (Å²) >= 11 is 6.00. The summed E-state index contributed by atoms with van der Waals surface area (Å²) < 4.78 is 0. The molecule has 18 heavy (non-hydrogen) atoms. The third kappa shape index (κ3) is 2.68. The lowest BCUT2D eigenvalue weighted by atomic mass is 10.0. The van der Waals surface area contributed by atoms with E-state index in [4.69, 9.17) is 17.3 Å². The molecule has 0 bridgehead atoms. The molecule has 98 valence electrons. The van der Waals surface area contributed by atoms with Gasteiger partial charge in [-0.15, -0.1) is 0 Å². The van der Waals surface area contributed by atoms with Crippen molar-refractivity contribution < 1.29 is 4.79 Å². The van der Waals surface area contributed by atoms with Crippen LogP contribution in [0.2, 0.25) is 5.02 Å². The van der Waals surface area contributed by atoms with Crippen molar-refractivity contribution >= 4 is 17.5 Å². The van der Waals surface area contributed by atoms with Crippen LogP contribution in [0.1, 0.15) is 32.3 Å². The number of carbonyl (C=O) groups is 1. The fourth-order valence-corrected chi connectivity index (χ4v) is 2.18. The van der Waals surface area contributed by atoms with Gasteiger partial charge in [-0.3, -0.25) is 4.79 Å². The molecule has 0 spiro atoms. The number of hydrogen-bond donors (Lipinski definition) is 2. The van der Waals surface area contributed by atoms with Crippen LogP contribution in [0.25, 0.3) is 0 Å². The molecule has 0 aromatic heterocycles. The van der Waals surface area contributed by atoms with Gasteiger partial charge >= 0.3 is 0 Å². The van der Waals surface area contributed by atoms with Crippen molar-refractivity contribution in [2.75, 3.05) is 0 Å². The van der Waals surface area contributed by atoms with E-state index in [0.29, 0.717) is 5.02 Å². The average molecular weight is 267 g/mol. The maximum absolute atomic E-state index is 12.1. The van der Waals surface area contributed by atoms with Crippen LogP contribution in [0.5, 0.6) is 0 Å². The first-order valence-electron chi connectivity index (χ1n) is 6.28. The largest absolute Gasteiger partial charge is 0.346 e. The van der Waals surface area contributed by atoms with E-state index in [1.165, 1.54) is 0 Å². The quantitative estimate of drug-likeness (QED) is 0.879. The zero-order chi connectivity index (χ0) is 13.3. The fourth-order valence-electron chi connectivity index (χ4n) is 1.99. The van der Waals surface area contributed by atoms with Gasteiger partial charge in [-0.25, -0.2) is 0 Å². The third-order valence-electron chi connectivity index (χ3n) is 3.69. The minimum Gasteiger partial charge on any atom is -0.346 e. The Morgan fingerprint density at radius 1 is 1.44 bits per heavy atom. The van der Waals surface area contributed by atoms with Crippen LogP contribution in [-0.4, -0.2) is 11.9 Å². The minimum absolute atomic E-state index is 0.0162. The first-order valence-corrected chi connectivity index (χ1v) is 6.66. The van der Waals surface area contributed by atoms with Crippen molar-refractivity contribution in [2.45, 2.75) is 38.3 Å². The molecule has 1 fully saturated rings. The Bertz CT molecular complexity index is 455. The number of carbonyl (C=O) groups excluding carboxylic acids is 1. The van der Waals surface area contributed by atoms with Gasteiger partial charge in [0.2, 0.25) is 5.91 Å². The van der Waals surface area contributed by atoms with Gasteiger partial charge in [-0.05, 0) is 37.5 Å². The summed E-state index contributed by atoms with van der Waals surface area (Å²) in [6.45, 7) is 3.71. The molecule has 1 aromatic rings. The molecule has 3 N–H and O–H groups in total. The van der Waals surface area contributed by atoms with Gasteiger partial charge < -0.3 is 11.1 Å². The van der Waals surface area contributed by atoms with Crippen molar-refractivity contribution in [3.8, 4) is 0 Å². The molecule has 2 unspecified atom stereocenters.